The molecular weight excluding hydrogens is 188 g/mol. The third kappa shape index (κ3) is 1.78. The first-order valence-corrected chi connectivity index (χ1v) is 4.85. The van der Waals surface area contributed by atoms with Gasteiger partial charge in [-0.05, 0) is 18.2 Å². The minimum atomic E-state index is 0.289. The first-order chi connectivity index (χ1) is 6.40. The molecule has 4 heteroatoms. The van der Waals surface area contributed by atoms with Gasteiger partial charge in [0, 0.05) is 4.90 Å². The Labute approximate surface area is 80.0 Å². The topological polar surface area (TPSA) is 35.5 Å². The lowest BCUT2D eigenvalue weighted by atomic mass is 10.3. The molecule has 0 saturated carbocycles. The highest BCUT2D eigenvalue weighted by molar-refractivity contribution is 7.99. The van der Waals surface area contributed by atoms with Gasteiger partial charge >= 0.3 is 0 Å². The van der Waals surface area contributed by atoms with E-state index in [-0.39, 0.29) is 6.79 Å². The van der Waals surface area contributed by atoms with Crippen LogP contribution in [-0.4, -0.2) is 18.8 Å². The summed E-state index contributed by atoms with van der Waals surface area (Å²) in [5.74, 6) is 2.01. The van der Waals surface area contributed by atoms with E-state index in [1.807, 2.05) is 18.2 Å². The number of thioether (sulfide) groups is 1. The van der Waals surface area contributed by atoms with Crippen LogP contribution in [0.25, 0.3) is 0 Å². The molecule has 1 aliphatic rings. The van der Waals surface area contributed by atoms with Gasteiger partial charge < -0.3 is 14.3 Å². The average Bonchev–Trinajstić information content (AvgIpc) is 2.61. The zero-order valence-electron chi connectivity index (χ0n) is 6.86. The van der Waals surface area contributed by atoms with Gasteiger partial charge in [-0.2, -0.15) is 0 Å². The fourth-order valence-electron chi connectivity index (χ4n) is 1.10. The minimum absolute atomic E-state index is 0.289. The Hall–Kier alpha value is -1.16. The van der Waals surface area contributed by atoms with E-state index in [9.17, 15) is 4.79 Å². The molecule has 0 N–H and O–H groups in total. The van der Waals surface area contributed by atoms with Crippen LogP contribution >= 0.6 is 11.8 Å². The molecule has 0 bridgehead atoms. The number of benzene rings is 1. The Balaban J connectivity index is 2.16. The fourth-order valence-corrected chi connectivity index (χ4v) is 1.71. The van der Waals surface area contributed by atoms with Crippen molar-refractivity contribution >= 4 is 18.0 Å². The maximum absolute atomic E-state index is 10.1. The molecule has 0 spiro atoms. The van der Waals surface area contributed by atoms with E-state index in [4.69, 9.17) is 9.47 Å². The second-order valence-electron chi connectivity index (χ2n) is 2.49. The molecule has 0 aromatic heterocycles. The van der Waals surface area contributed by atoms with Gasteiger partial charge in [-0.3, -0.25) is 0 Å². The Bertz CT molecular complexity index is 325. The average molecular weight is 196 g/mol. The van der Waals surface area contributed by atoms with Crippen LogP contribution in [0.4, 0.5) is 0 Å². The highest BCUT2D eigenvalue weighted by atomic mass is 32.2. The molecule has 1 aliphatic heterocycles. The monoisotopic (exact) mass is 196 g/mol. The number of rotatable bonds is 3. The Kier molecular flexibility index (Phi) is 2.40. The first-order valence-electron chi connectivity index (χ1n) is 3.86. The Morgan fingerprint density at radius 3 is 3.08 bits per heavy atom. The third-order valence-corrected chi connectivity index (χ3v) is 2.55. The summed E-state index contributed by atoms with van der Waals surface area (Å²) in [6.07, 6.45) is 0.884. The lowest BCUT2D eigenvalue weighted by Gasteiger charge is -1.99. The number of ether oxygens (including phenoxy) is 2. The molecule has 13 heavy (non-hydrogen) atoms. The van der Waals surface area contributed by atoms with Crippen LogP contribution in [0, 0.1) is 0 Å². The van der Waals surface area contributed by atoms with Crippen LogP contribution in [0.15, 0.2) is 23.1 Å². The van der Waals surface area contributed by atoms with E-state index in [1.54, 1.807) is 0 Å². The molecule has 0 fully saturated rings. The normalized spacial score (nSPS) is 12.9. The van der Waals surface area contributed by atoms with Gasteiger partial charge in [0.05, 0.1) is 5.75 Å². The van der Waals surface area contributed by atoms with E-state index in [2.05, 4.69) is 0 Å². The minimum Gasteiger partial charge on any atom is -0.454 e. The van der Waals surface area contributed by atoms with E-state index in [1.165, 1.54) is 11.8 Å². The van der Waals surface area contributed by atoms with Crippen molar-refractivity contribution in [3.05, 3.63) is 18.2 Å². The standard InChI is InChI=1S/C9H8O3S/c10-3-4-13-7-1-2-8-9(5-7)12-6-11-8/h1-3,5H,4,6H2. The molecule has 1 aromatic rings. The molecular formula is C9H8O3S. The molecule has 0 unspecified atom stereocenters. The quantitative estimate of drug-likeness (QED) is 0.544. The highest BCUT2D eigenvalue weighted by Gasteiger charge is 2.12. The smallest absolute Gasteiger partial charge is 0.231 e. The maximum atomic E-state index is 10.1. The number of carbonyl (C=O) groups is 1. The summed E-state index contributed by atoms with van der Waals surface area (Å²) >= 11 is 1.48. The van der Waals surface area contributed by atoms with Crippen molar-refractivity contribution in [1.29, 1.82) is 0 Å². The van der Waals surface area contributed by atoms with Gasteiger partial charge in [-0.25, -0.2) is 0 Å². The second-order valence-corrected chi connectivity index (χ2v) is 3.59. The lowest BCUT2D eigenvalue weighted by Crippen LogP contribution is -1.92. The third-order valence-electron chi connectivity index (χ3n) is 1.66. The highest BCUT2D eigenvalue weighted by Crippen LogP contribution is 2.35. The van der Waals surface area contributed by atoms with Crippen molar-refractivity contribution < 1.29 is 14.3 Å². The predicted octanol–water partition coefficient (Wildman–Crippen LogP) is 1.71. The molecule has 0 amide bonds. The van der Waals surface area contributed by atoms with Crippen LogP contribution < -0.4 is 9.47 Å². The van der Waals surface area contributed by atoms with E-state index in [0.717, 1.165) is 22.7 Å². The summed E-state index contributed by atoms with van der Waals surface area (Å²) in [7, 11) is 0. The van der Waals surface area contributed by atoms with Gasteiger partial charge in [0.15, 0.2) is 11.5 Å². The second kappa shape index (κ2) is 3.70. The van der Waals surface area contributed by atoms with E-state index >= 15 is 0 Å². The van der Waals surface area contributed by atoms with Gasteiger partial charge in [-0.1, -0.05) is 0 Å². The van der Waals surface area contributed by atoms with E-state index in [0.29, 0.717) is 5.75 Å². The Morgan fingerprint density at radius 1 is 1.38 bits per heavy atom. The molecule has 2 rings (SSSR count). The maximum Gasteiger partial charge on any atom is 0.231 e. The van der Waals surface area contributed by atoms with Crippen LogP contribution in [0.5, 0.6) is 11.5 Å². The van der Waals surface area contributed by atoms with Gasteiger partial charge in [0.2, 0.25) is 6.79 Å². The summed E-state index contributed by atoms with van der Waals surface area (Å²) < 4.78 is 10.4. The summed E-state index contributed by atoms with van der Waals surface area (Å²) in [5, 5.41) is 0. The molecule has 1 aromatic carbocycles. The number of hydrogen-bond donors (Lipinski definition) is 0. The first kappa shape index (κ1) is 8.44. The van der Waals surface area contributed by atoms with Crippen LogP contribution in [-0.2, 0) is 4.79 Å². The SMILES string of the molecule is O=CCSc1ccc2c(c1)OCO2. The van der Waals surface area contributed by atoms with E-state index < -0.39 is 0 Å². The van der Waals surface area contributed by atoms with Gasteiger partial charge in [0.25, 0.3) is 0 Å². The van der Waals surface area contributed by atoms with Crippen molar-refractivity contribution in [2.75, 3.05) is 12.5 Å². The van der Waals surface area contributed by atoms with Crippen molar-refractivity contribution in [2.24, 2.45) is 0 Å². The number of carbonyl (C=O) groups excluding carboxylic acids is 1. The Morgan fingerprint density at radius 2 is 2.23 bits per heavy atom. The predicted molar refractivity (Wildman–Crippen MR) is 49.4 cm³/mol. The fraction of sp³-hybridized carbons (Fsp3) is 0.222. The van der Waals surface area contributed by atoms with Crippen LogP contribution in [0.2, 0.25) is 0 Å². The molecule has 1 heterocycles. The molecule has 0 saturated heterocycles. The van der Waals surface area contributed by atoms with Gasteiger partial charge in [0.1, 0.15) is 6.29 Å². The van der Waals surface area contributed by atoms with Crippen molar-refractivity contribution in [1.82, 2.24) is 0 Å². The molecule has 0 aliphatic carbocycles. The largest absolute Gasteiger partial charge is 0.454 e. The summed E-state index contributed by atoms with van der Waals surface area (Å²) in [4.78, 5) is 11.2. The van der Waals surface area contributed by atoms with Crippen molar-refractivity contribution in [3.8, 4) is 11.5 Å². The summed E-state index contributed by atoms with van der Waals surface area (Å²) in [5.41, 5.74) is 0. The molecule has 3 nitrogen and oxygen atoms in total. The van der Waals surface area contributed by atoms with Crippen molar-refractivity contribution in [2.45, 2.75) is 4.90 Å². The lowest BCUT2D eigenvalue weighted by molar-refractivity contribution is -0.105. The van der Waals surface area contributed by atoms with Gasteiger partial charge in [-0.15, -0.1) is 11.8 Å². The van der Waals surface area contributed by atoms with Crippen LogP contribution in [0.3, 0.4) is 0 Å². The van der Waals surface area contributed by atoms with Crippen molar-refractivity contribution in [3.63, 3.8) is 0 Å². The molecule has 68 valence electrons. The molecule has 0 radical (unpaired) electrons. The van der Waals surface area contributed by atoms with Crippen LogP contribution in [0.1, 0.15) is 0 Å². The summed E-state index contributed by atoms with van der Waals surface area (Å²) in [6.45, 7) is 0.289. The zero-order valence-corrected chi connectivity index (χ0v) is 7.67. The number of hydrogen-bond acceptors (Lipinski definition) is 4. The number of fused-ring (bicyclic) bond motifs is 1. The summed E-state index contributed by atoms with van der Waals surface area (Å²) in [6, 6.07) is 5.66. The molecule has 0 atom stereocenters. The zero-order chi connectivity index (χ0) is 9.10. The number of aldehydes is 1.